The second-order valence-corrected chi connectivity index (χ2v) is 4.78. The predicted molar refractivity (Wildman–Crippen MR) is 63.0 cm³/mol. The molecule has 0 aliphatic heterocycles. The molecule has 1 N–H and O–H groups in total. The summed E-state index contributed by atoms with van der Waals surface area (Å²) >= 11 is 1.79. The molecule has 3 heteroatoms. The van der Waals surface area contributed by atoms with E-state index in [1.165, 1.54) is 17.1 Å². The summed E-state index contributed by atoms with van der Waals surface area (Å²) in [4.78, 5) is 4.58. The van der Waals surface area contributed by atoms with Gasteiger partial charge in [-0.3, -0.25) is 0 Å². The third-order valence-corrected chi connectivity index (χ3v) is 2.95. The van der Waals surface area contributed by atoms with Gasteiger partial charge in [-0.1, -0.05) is 27.2 Å². The normalized spacial score (nSPS) is 11.1. The second-order valence-electron chi connectivity index (χ2n) is 3.84. The van der Waals surface area contributed by atoms with E-state index in [0.717, 1.165) is 19.4 Å². The summed E-state index contributed by atoms with van der Waals surface area (Å²) in [6.45, 7) is 7.57. The van der Waals surface area contributed by atoms with E-state index in [4.69, 9.17) is 0 Å². The summed E-state index contributed by atoms with van der Waals surface area (Å²) < 4.78 is 0. The zero-order valence-electron chi connectivity index (χ0n) is 9.34. The molecule has 1 aromatic heterocycles. The fourth-order valence-corrected chi connectivity index (χ4v) is 2.13. The first-order chi connectivity index (χ1) is 6.72. The Labute approximate surface area is 90.8 Å². The van der Waals surface area contributed by atoms with Crippen LogP contribution >= 0.6 is 11.3 Å². The average molecular weight is 212 g/mol. The summed E-state index contributed by atoms with van der Waals surface area (Å²) in [5.74, 6) is 0. The van der Waals surface area contributed by atoms with Crippen LogP contribution in [-0.4, -0.2) is 17.6 Å². The number of aryl methyl sites for hydroxylation is 1. The zero-order chi connectivity index (χ0) is 10.4. The Morgan fingerprint density at radius 1 is 1.43 bits per heavy atom. The molecule has 0 spiro atoms. The van der Waals surface area contributed by atoms with E-state index in [9.17, 15) is 0 Å². The monoisotopic (exact) mass is 212 g/mol. The van der Waals surface area contributed by atoms with Gasteiger partial charge in [-0.05, 0) is 6.42 Å². The summed E-state index contributed by atoms with van der Waals surface area (Å²) in [6, 6.07) is 0.574. The minimum absolute atomic E-state index is 0.574. The van der Waals surface area contributed by atoms with E-state index in [1.807, 2.05) is 0 Å². The Morgan fingerprint density at radius 2 is 2.21 bits per heavy atom. The van der Waals surface area contributed by atoms with Crippen LogP contribution in [0.4, 0.5) is 0 Å². The van der Waals surface area contributed by atoms with Crippen molar-refractivity contribution in [2.75, 3.05) is 6.54 Å². The van der Waals surface area contributed by atoms with Crippen LogP contribution in [0.2, 0.25) is 0 Å². The number of aromatic nitrogens is 1. The zero-order valence-corrected chi connectivity index (χ0v) is 10.2. The molecule has 1 aromatic rings. The maximum Gasteiger partial charge on any atom is 0.0940 e. The quantitative estimate of drug-likeness (QED) is 0.784. The summed E-state index contributed by atoms with van der Waals surface area (Å²) in [6.07, 6.45) is 3.37. The van der Waals surface area contributed by atoms with Crippen molar-refractivity contribution >= 4 is 11.3 Å². The van der Waals surface area contributed by atoms with Gasteiger partial charge < -0.3 is 5.32 Å². The van der Waals surface area contributed by atoms with E-state index < -0.39 is 0 Å². The molecule has 0 bridgehead atoms. The van der Waals surface area contributed by atoms with Crippen LogP contribution in [0.1, 0.15) is 37.9 Å². The molecular formula is C11H20N2S. The molecule has 0 aliphatic rings. The minimum atomic E-state index is 0.574. The summed E-state index contributed by atoms with van der Waals surface area (Å²) in [5.41, 5.74) is 1.26. The van der Waals surface area contributed by atoms with Crippen LogP contribution in [0.15, 0.2) is 5.38 Å². The molecule has 14 heavy (non-hydrogen) atoms. The van der Waals surface area contributed by atoms with Crippen LogP contribution in [0, 0.1) is 0 Å². The molecular weight excluding hydrogens is 192 g/mol. The van der Waals surface area contributed by atoms with E-state index in [1.54, 1.807) is 11.3 Å². The first-order valence-corrected chi connectivity index (χ1v) is 6.27. The fourth-order valence-electron chi connectivity index (χ4n) is 1.30. The molecule has 0 aliphatic carbocycles. The van der Waals surface area contributed by atoms with Gasteiger partial charge in [-0.25, -0.2) is 4.98 Å². The van der Waals surface area contributed by atoms with E-state index in [2.05, 4.69) is 36.5 Å². The molecule has 0 unspecified atom stereocenters. The molecule has 0 atom stereocenters. The van der Waals surface area contributed by atoms with Crippen molar-refractivity contribution in [1.29, 1.82) is 0 Å². The highest BCUT2D eigenvalue weighted by Crippen LogP contribution is 2.11. The highest BCUT2D eigenvalue weighted by molar-refractivity contribution is 7.09. The lowest BCUT2D eigenvalue weighted by Crippen LogP contribution is -2.24. The maximum atomic E-state index is 4.58. The third kappa shape index (κ3) is 4.20. The summed E-state index contributed by atoms with van der Waals surface area (Å²) in [5, 5.41) is 6.86. The molecule has 1 rings (SSSR count). The average Bonchev–Trinajstić information content (AvgIpc) is 2.53. The van der Waals surface area contributed by atoms with Crippen molar-refractivity contribution in [2.45, 2.75) is 46.1 Å². The number of hydrogen-bond acceptors (Lipinski definition) is 3. The van der Waals surface area contributed by atoms with Crippen molar-refractivity contribution in [3.8, 4) is 0 Å². The van der Waals surface area contributed by atoms with Gasteiger partial charge in [0.15, 0.2) is 0 Å². The lowest BCUT2D eigenvalue weighted by Gasteiger charge is -2.05. The second kappa shape index (κ2) is 6.14. The third-order valence-electron chi connectivity index (χ3n) is 2.00. The minimum Gasteiger partial charge on any atom is -0.314 e. The Kier molecular flexibility index (Phi) is 5.12. The van der Waals surface area contributed by atoms with Crippen LogP contribution in [0.25, 0.3) is 0 Å². The number of hydrogen-bond donors (Lipinski definition) is 1. The van der Waals surface area contributed by atoms with Crippen molar-refractivity contribution in [2.24, 2.45) is 0 Å². The van der Waals surface area contributed by atoms with Gasteiger partial charge in [-0.15, -0.1) is 11.3 Å². The number of nitrogens with zero attached hydrogens (tertiary/aromatic N) is 1. The largest absolute Gasteiger partial charge is 0.314 e. The molecule has 0 saturated carbocycles. The van der Waals surface area contributed by atoms with Crippen molar-refractivity contribution in [3.05, 3.63) is 16.1 Å². The molecule has 0 saturated heterocycles. The van der Waals surface area contributed by atoms with Gasteiger partial charge in [0.25, 0.3) is 0 Å². The first kappa shape index (κ1) is 11.7. The standard InChI is InChI=1S/C11H20N2S/c1-4-5-10-8-14-11(13-10)6-7-12-9(2)3/h8-9,12H,4-7H2,1-3H3. The van der Waals surface area contributed by atoms with Crippen molar-refractivity contribution in [3.63, 3.8) is 0 Å². The Balaban J connectivity index is 2.28. The molecule has 0 radical (unpaired) electrons. The lowest BCUT2D eigenvalue weighted by molar-refractivity contribution is 0.589. The highest BCUT2D eigenvalue weighted by Gasteiger charge is 2.01. The molecule has 1 heterocycles. The Bertz CT molecular complexity index is 256. The van der Waals surface area contributed by atoms with Gasteiger partial charge in [0, 0.05) is 24.4 Å². The van der Waals surface area contributed by atoms with E-state index >= 15 is 0 Å². The van der Waals surface area contributed by atoms with Gasteiger partial charge in [0.1, 0.15) is 0 Å². The van der Waals surface area contributed by atoms with Gasteiger partial charge in [0.2, 0.25) is 0 Å². The van der Waals surface area contributed by atoms with E-state index in [-0.39, 0.29) is 0 Å². The summed E-state index contributed by atoms with van der Waals surface area (Å²) in [7, 11) is 0. The molecule has 0 aromatic carbocycles. The SMILES string of the molecule is CCCc1csc(CCNC(C)C)n1. The Morgan fingerprint density at radius 3 is 2.86 bits per heavy atom. The van der Waals surface area contributed by atoms with E-state index in [0.29, 0.717) is 6.04 Å². The predicted octanol–water partition coefficient (Wildman–Crippen LogP) is 2.64. The number of rotatable bonds is 6. The van der Waals surface area contributed by atoms with Crippen LogP contribution in [0.3, 0.4) is 0 Å². The smallest absolute Gasteiger partial charge is 0.0940 e. The van der Waals surface area contributed by atoms with Gasteiger partial charge in [-0.2, -0.15) is 0 Å². The topological polar surface area (TPSA) is 24.9 Å². The number of nitrogens with one attached hydrogen (secondary N) is 1. The Hall–Kier alpha value is -0.410. The van der Waals surface area contributed by atoms with Crippen molar-refractivity contribution < 1.29 is 0 Å². The van der Waals surface area contributed by atoms with Crippen molar-refractivity contribution in [1.82, 2.24) is 10.3 Å². The van der Waals surface area contributed by atoms with Crippen LogP contribution < -0.4 is 5.32 Å². The molecule has 0 amide bonds. The highest BCUT2D eigenvalue weighted by atomic mass is 32.1. The molecule has 0 fully saturated rings. The number of thiazole rings is 1. The first-order valence-electron chi connectivity index (χ1n) is 5.39. The molecule has 80 valence electrons. The van der Waals surface area contributed by atoms with Crippen LogP contribution in [0.5, 0.6) is 0 Å². The molecule has 2 nitrogen and oxygen atoms in total. The van der Waals surface area contributed by atoms with Gasteiger partial charge >= 0.3 is 0 Å². The lowest BCUT2D eigenvalue weighted by atomic mass is 10.3. The fraction of sp³-hybridized carbons (Fsp3) is 0.727. The van der Waals surface area contributed by atoms with Crippen LogP contribution in [-0.2, 0) is 12.8 Å². The maximum absolute atomic E-state index is 4.58. The van der Waals surface area contributed by atoms with Gasteiger partial charge in [0.05, 0.1) is 10.7 Å².